The van der Waals surface area contributed by atoms with Gasteiger partial charge in [0, 0.05) is 6.42 Å². The van der Waals surface area contributed by atoms with E-state index in [1.807, 2.05) is 6.08 Å². The number of hydrogen-bond donors (Lipinski definition) is 6. The van der Waals surface area contributed by atoms with E-state index in [1.165, 1.54) is 89.9 Å². The van der Waals surface area contributed by atoms with Gasteiger partial charge in [0.15, 0.2) is 6.29 Å². The van der Waals surface area contributed by atoms with Gasteiger partial charge in [0.2, 0.25) is 5.91 Å². The number of ether oxygens (including phenoxy) is 2. The summed E-state index contributed by atoms with van der Waals surface area (Å²) in [7, 11) is 0. The Morgan fingerprint density at radius 1 is 0.750 bits per heavy atom. The molecule has 0 aromatic carbocycles. The molecule has 1 aliphatic rings. The molecule has 1 fully saturated rings. The van der Waals surface area contributed by atoms with E-state index in [2.05, 4.69) is 19.2 Å². The minimum absolute atomic E-state index is 0.184. The van der Waals surface area contributed by atoms with Gasteiger partial charge in [-0.3, -0.25) is 4.79 Å². The number of unbranched alkanes of at least 4 members (excludes halogenated alkanes) is 18. The highest BCUT2D eigenvalue weighted by atomic mass is 16.7. The Morgan fingerprint density at radius 2 is 1.25 bits per heavy atom. The van der Waals surface area contributed by atoms with Gasteiger partial charge >= 0.3 is 0 Å². The number of hydrogen-bond acceptors (Lipinski definition) is 8. The first-order valence-corrected chi connectivity index (χ1v) is 17.9. The van der Waals surface area contributed by atoms with Crippen molar-refractivity contribution in [2.24, 2.45) is 0 Å². The zero-order valence-corrected chi connectivity index (χ0v) is 27.9. The Labute approximate surface area is 267 Å². The minimum Gasteiger partial charge on any atom is -0.394 e. The molecule has 7 atom stereocenters. The number of allylic oxidation sites excluding steroid dienone is 1. The number of carbonyl (C=O) groups is 1. The predicted octanol–water partition coefficient (Wildman–Crippen LogP) is 5.44. The molecule has 0 aromatic rings. The van der Waals surface area contributed by atoms with Crippen molar-refractivity contribution in [1.29, 1.82) is 0 Å². The molecule has 44 heavy (non-hydrogen) atoms. The van der Waals surface area contributed by atoms with Crippen LogP contribution >= 0.6 is 0 Å². The number of carbonyl (C=O) groups excluding carboxylic acids is 1. The third-order valence-corrected chi connectivity index (χ3v) is 8.61. The molecule has 9 nitrogen and oxygen atoms in total. The van der Waals surface area contributed by atoms with Crippen molar-refractivity contribution in [3.63, 3.8) is 0 Å². The van der Waals surface area contributed by atoms with E-state index in [9.17, 15) is 30.3 Å². The third kappa shape index (κ3) is 18.8. The summed E-state index contributed by atoms with van der Waals surface area (Å²) in [5.41, 5.74) is 0. The average Bonchev–Trinajstić information content (AvgIpc) is 3.02. The zero-order valence-electron chi connectivity index (χ0n) is 27.9. The van der Waals surface area contributed by atoms with Gasteiger partial charge in [-0.2, -0.15) is 0 Å². The van der Waals surface area contributed by atoms with Gasteiger partial charge in [-0.15, -0.1) is 0 Å². The van der Waals surface area contributed by atoms with Crippen molar-refractivity contribution in [3.05, 3.63) is 12.2 Å². The predicted molar refractivity (Wildman–Crippen MR) is 175 cm³/mol. The van der Waals surface area contributed by atoms with E-state index in [-0.39, 0.29) is 12.5 Å². The highest BCUT2D eigenvalue weighted by Crippen LogP contribution is 2.22. The number of rotatable bonds is 28. The summed E-state index contributed by atoms with van der Waals surface area (Å²) in [6.45, 7) is 3.70. The molecule has 0 bridgehead atoms. The second-order valence-electron chi connectivity index (χ2n) is 12.7. The van der Waals surface area contributed by atoms with Crippen molar-refractivity contribution in [3.8, 4) is 0 Å². The summed E-state index contributed by atoms with van der Waals surface area (Å²) >= 11 is 0. The van der Waals surface area contributed by atoms with Crippen LogP contribution in [0.3, 0.4) is 0 Å². The maximum atomic E-state index is 12.7. The Bertz CT molecular complexity index is 706. The van der Waals surface area contributed by atoms with Crippen LogP contribution in [0.5, 0.6) is 0 Å². The fourth-order valence-corrected chi connectivity index (χ4v) is 5.62. The first-order chi connectivity index (χ1) is 21.3. The van der Waals surface area contributed by atoms with Crippen LogP contribution in [-0.4, -0.2) is 87.5 Å². The van der Waals surface area contributed by atoms with Crippen LogP contribution in [0.4, 0.5) is 0 Å². The molecule has 260 valence electrons. The van der Waals surface area contributed by atoms with Crippen LogP contribution in [0.1, 0.15) is 149 Å². The van der Waals surface area contributed by atoms with Gasteiger partial charge in [0.25, 0.3) is 0 Å². The van der Waals surface area contributed by atoms with E-state index in [0.717, 1.165) is 38.5 Å². The molecule has 1 saturated heterocycles. The van der Waals surface area contributed by atoms with Crippen molar-refractivity contribution in [1.82, 2.24) is 5.32 Å². The minimum atomic E-state index is -1.56. The Hall–Kier alpha value is -1.07. The lowest BCUT2D eigenvalue weighted by molar-refractivity contribution is -0.302. The fourth-order valence-electron chi connectivity index (χ4n) is 5.62. The van der Waals surface area contributed by atoms with Crippen LogP contribution < -0.4 is 5.32 Å². The summed E-state index contributed by atoms with van der Waals surface area (Å²) in [6.07, 6.45) is 19.8. The largest absolute Gasteiger partial charge is 0.394 e. The lowest BCUT2D eigenvalue weighted by Crippen LogP contribution is -2.60. The molecule has 9 heteroatoms. The third-order valence-electron chi connectivity index (χ3n) is 8.61. The Kier molecular flexibility index (Phi) is 25.2. The first kappa shape index (κ1) is 41.0. The van der Waals surface area contributed by atoms with Gasteiger partial charge in [-0.25, -0.2) is 0 Å². The Morgan fingerprint density at radius 3 is 1.77 bits per heavy atom. The number of aliphatic hydroxyl groups excluding tert-OH is 5. The summed E-state index contributed by atoms with van der Waals surface area (Å²) in [5, 5.41) is 53.7. The van der Waals surface area contributed by atoms with Crippen LogP contribution in [0, 0.1) is 0 Å². The van der Waals surface area contributed by atoms with Gasteiger partial charge in [0.1, 0.15) is 24.4 Å². The smallest absolute Gasteiger partial charge is 0.220 e. The second-order valence-corrected chi connectivity index (χ2v) is 12.7. The SMILES string of the molecule is CCCCCCCCCCCCC/C=C/C(O)C(COC1OC(CO)C(O)C(O)C1O)NC(=O)CCCCCCCCCC. The lowest BCUT2D eigenvalue weighted by Gasteiger charge is -2.40. The molecule has 1 rings (SSSR count). The molecule has 7 unspecified atom stereocenters. The van der Waals surface area contributed by atoms with Crippen LogP contribution in [0.15, 0.2) is 12.2 Å². The maximum absolute atomic E-state index is 12.7. The fraction of sp³-hybridized carbons (Fsp3) is 0.914. The molecular weight excluding hydrogens is 562 g/mol. The molecule has 6 N–H and O–H groups in total. The van der Waals surface area contributed by atoms with E-state index in [1.54, 1.807) is 6.08 Å². The molecule has 0 spiro atoms. The number of amides is 1. The molecule has 0 aromatic heterocycles. The Balaban J connectivity index is 2.50. The van der Waals surface area contributed by atoms with Crippen molar-refractivity contribution in [2.45, 2.75) is 192 Å². The van der Waals surface area contributed by atoms with Gasteiger partial charge in [-0.05, 0) is 19.3 Å². The van der Waals surface area contributed by atoms with Crippen LogP contribution in [0.25, 0.3) is 0 Å². The van der Waals surface area contributed by atoms with Crippen molar-refractivity contribution in [2.75, 3.05) is 13.2 Å². The van der Waals surface area contributed by atoms with Gasteiger partial charge in [0.05, 0.1) is 25.4 Å². The van der Waals surface area contributed by atoms with Gasteiger partial charge in [-0.1, -0.05) is 135 Å². The zero-order chi connectivity index (χ0) is 32.4. The van der Waals surface area contributed by atoms with Gasteiger partial charge < -0.3 is 40.3 Å². The summed E-state index contributed by atoms with van der Waals surface area (Å²) < 4.78 is 11.1. The molecular formula is C35H67NO8. The summed E-state index contributed by atoms with van der Waals surface area (Å²) in [6, 6.07) is -0.794. The summed E-state index contributed by atoms with van der Waals surface area (Å²) in [4.78, 5) is 12.7. The number of nitrogens with one attached hydrogen (secondary N) is 1. The van der Waals surface area contributed by atoms with Crippen LogP contribution in [0.2, 0.25) is 0 Å². The highest BCUT2D eigenvalue weighted by molar-refractivity contribution is 5.76. The number of aliphatic hydroxyl groups is 5. The van der Waals surface area contributed by atoms with Crippen LogP contribution in [-0.2, 0) is 14.3 Å². The van der Waals surface area contributed by atoms with Crippen molar-refractivity contribution >= 4 is 5.91 Å². The summed E-state index contributed by atoms with van der Waals surface area (Å²) in [5.74, 6) is -0.184. The normalized spacial score (nSPS) is 23.7. The standard InChI is InChI=1S/C35H67NO8/c1-3-5-7-9-11-13-14-15-16-17-18-20-22-24-29(38)28(36-31(39)25-23-21-19-12-10-8-6-4-2)27-43-35-34(42)33(41)32(40)30(26-37)44-35/h22,24,28-30,32-35,37-38,40-42H,3-21,23,25-27H2,1-2H3,(H,36,39)/b24-22+. The molecule has 0 saturated carbocycles. The van der Waals surface area contributed by atoms with E-state index < -0.39 is 49.5 Å². The van der Waals surface area contributed by atoms with Crippen molar-refractivity contribution < 1.29 is 39.8 Å². The lowest BCUT2D eigenvalue weighted by atomic mass is 9.99. The maximum Gasteiger partial charge on any atom is 0.220 e. The second kappa shape index (κ2) is 27.1. The van der Waals surface area contributed by atoms with E-state index >= 15 is 0 Å². The monoisotopic (exact) mass is 629 g/mol. The average molecular weight is 630 g/mol. The molecule has 0 radical (unpaired) electrons. The van der Waals surface area contributed by atoms with E-state index in [0.29, 0.717) is 6.42 Å². The topological polar surface area (TPSA) is 149 Å². The molecule has 1 amide bonds. The van der Waals surface area contributed by atoms with E-state index in [4.69, 9.17) is 9.47 Å². The first-order valence-electron chi connectivity index (χ1n) is 17.9. The molecule has 1 heterocycles. The molecule has 1 aliphatic heterocycles. The quantitative estimate of drug-likeness (QED) is 0.0495. The highest BCUT2D eigenvalue weighted by Gasteiger charge is 2.44. The molecule has 0 aliphatic carbocycles.